The van der Waals surface area contributed by atoms with Crippen LogP contribution in [0, 0.1) is 0 Å². The van der Waals surface area contributed by atoms with Crippen LogP contribution in [0.5, 0.6) is 5.88 Å². The fourth-order valence-corrected chi connectivity index (χ4v) is 6.94. The van der Waals surface area contributed by atoms with E-state index in [1.54, 1.807) is 13.2 Å². The number of benzene rings is 2. The number of amides is 1. The fraction of sp³-hybridized carbons (Fsp3) is 0.382. The Morgan fingerprint density at radius 3 is 2.51 bits per heavy atom. The number of aliphatic hydroxyl groups excluding tert-OH is 1. The van der Waals surface area contributed by atoms with Crippen LogP contribution in [0.25, 0.3) is 22.4 Å². The van der Waals surface area contributed by atoms with E-state index in [4.69, 9.17) is 32.9 Å². The molecular weight excluding hydrogens is 611 g/mol. The van der Waals surface area contributed by atoms with E-state index in [2.05, 4.69) is 20.5 Å². The van der Waals surface area contributed by atoms with Gasteiger partial charge in [0.2, 0.25) is 5.88 Å². The van der Waals surface area contributed by atoms with Gasteiger partial charge in [0.15, 0.2) is 5.82 Å². The number of aromatic nitrogens is 3. The average Bonchev–Trinajstić information content (AvgIpc) is 3.37. The van der Waals surface area contributed by atoms with Crippen molar-refractivity contribution in [2.45, 2.75) is 57.3 Å². The summed E-state index contributed by atoms with van der Waals surface area (Å²) >= 11 is 13.9. The van der Waals surface area contributed by atoms with Crippen LogP contribution in [0.1, 0.15) is 53.3 Å². The topological polar surface area (TPSA) is 105 Å². The first kappa shape index (κ1) is 31.5. The number of halogens is 2. The molecule has 2 aliphatic rings. The van der Waals surface area contributed by atoms with Crippen molar-refractivity contribution in [3.05, 3.63) is 81.4 Å². The molecule has 1 aliphatic heterocycles. The van der Waals surface area contributed by atoms with E-state index in [0.29, 0.717) is 57.3 Å². The Bertz CT molecular complexity index is 1720. The number of pyridine rings is 1. The smallest absolute Gasteiger partial charge is 0.291 e. The standard InChI is InChI=1S/C34H38Cl2N6O3/c1-41-17-16-28-27(19-41)38-32(42(28)2)33(44)39-26-12-7-9-22(31(26)36)21-8-6-10-23(30(21)35)24-15-14-20(34(40-24)45-3)18-37-25-11-4-5-13-29(25)43/h6-10,12,14-15,25,29,37,43H,4-5,11,13,16-19H2,1-3H3,(H,39,44)/t25-,29+/m1/s1. The third kappa shape index (κ3) is 6.46. The van der Waals surface area contributed by atoms with Crippen molar-refractivity contribution in [3.8, 4) is 28.3 Å². The maximum absolute atomic E-state index is 13.4. The fourth-order valence-electron chi connectivity index (χ4n) is 6.34. The summed E-state index contributed by atoms with van der Waals surface area (Å²) in [6.07, 6.45) is 4.46. The predicted molar refractivity (Wildman–Crippen MR) is 178 cm³/mol. The molecule has 0 bridgehead atoms. The van der Waals surface area contributed by atoms with E-state index in [1.807, 2.05) is 61.1 Å². The zero-order chi connectivity index (χ0) is 31.7. The number of carbonyl (C=O) groups is 1. The molecule has 236 valence electrons. The molecule has 45 heavy (non-hydrogen) atoms. The molecule has 0 radical (unpaired) electrons. The minimum atomic E-state index is -0.334. The maximum Gasteiger partial charge on any atom is 0.291 e. The summed E-state index contributed by atoms with van der Waals surface area (Å²) in [5.74, 6) is 0.528. The summed E-state index contributed by atoms with van der Waals surface area (Å²) in [6, 6.07) is 15.1. The molecule has 11 heteroatoms. The quantitative estimate of drug-likeness (QED) is 0.212. The lowest BCUT2D eigenvalue weighted by molar-refractivity contribution is 0.0901. The van der Waals surface area contributed by atoms with Crippen LogP contribution in [-0.4, -0.2) is 63.3 Å². The molecule has 3 heterocycles. The second-order valence-corrected chi connectivity index (χ2v) is 12.6. The predicted octanol–water partition coefficient (Wildman–Crippen LogP) is 6.10. The van der Waals surface area contributed by atoms with Crippen LogP contribution in [0.2, 0.25) is 10.0 Å². The Labute approximate surface area is 273 Å². The Kier molecular flexibility index (Phi) is 9.44. The number of carbonyl (C=O) groups excluding carboxylic acids is 1. The normalized spacial score (nSPS) is 18.4. The molecule has 0 unspecified atom stereocenters. The van der Waals surface area contributed by atoms with Crippen molar-refractivity contribution < 1.29 is 14.6 Å². The molecule has 2 aromatic carbocycles. The van der Waals surface area contributed by atoms with Gasteiger partial charge in [-0.2, -0.15) is 0 Å². The minimum absolute atomic E-state index is 0.0654. The van der Waals surface area contributed by atoms with Crippen LogP contribution < -0.4 is 15.4 Å². The number of rotatable bonds is 8. The van der Waals surface area contributed by atoms with E-state index in [1.165, 1.54) is 0 Å². The Balaban J connectivity index is 1.24. The lowest BCUT2D eigenvalue weighted by atomic mass is 9.92. The van der Waals surface area contributed by atoms with Gasteiger partial charge in [-0.3, -0.25) is 4.79 Å². The molecule has 1 fully saturated rings. The monoisotopic (exact) mass is 648 g/mol. The highest BCUT2D eigenvalue weighted by molar-refractivity contribution is 6.39. The van der Waals surface area contributed by atoms with E-state index < -0.39 is 0 Å². The number of anilines is 1. The van der Waals surface area contributed by atoms with Crippen molar-refractivity contribution in [1.82, 2.24) is 24.8 Å². The number of likely N-dealkylation sites (N-methyl/N-ethyl adjacent to an activating group) is 1. The van der Waals surface area contributed by atoms with Gasteiger partial charge in [-0.1, -0.05) is 72.4 Å². The number of methoxy groups -OCH3 is 1. The van der Waals surface area contributed by atoms with Crippen LogP contribution in [-0.2, 0) is 26.6 Å². The number of nitrogens with zero attached hydrogens (tertiary/aromatic N) is 4. The van der Waals surface area contributed by atoms with Gasteiger partial charge in [0.05, 0.1) is 40.3 Å². The minimum Gasteiger partial charge on any atom is -0.481 e. The van der Waals surface area contributed by atoms with Gasteiger partial charge >= 0.3 is 0 Å². The largest absolute Gasteiger partial charge is 0.481 e. The van der Waals surface area contributed by atoms with E-state index in [9.17, 15) is 9.90 Å². The summed E-state index contributed by atoms with van der Waals surface area (Å²) in [6.45, 7) is 2.18. The van der Waals surface area contributed by atoms with Gasteiger partial charge in [-0.15, -0.1) is 0 Å². The molecule has 6 rings (SSSR count). The van der Waals surface area contributed by atoms with Crippen molar-refractivity contribution in [3.63, 3.8) is 0 Å². The van der Waals surface area contributed by atoms with Gasteiger partial charge in [0.1, 0.15) is 0 Å². The van der Waals surface area contributed by atoms with Gasteiger partial charge in [-0.05, 0) is 32.0 Å². The maximum atomic E-state index is 13.4. The van der Waals surface area contributed by atoms with Crippen molar-refractivity contribution >= 4 is 34.8 Å². The first-order valence-electron chi connectivity index (χ1n) is 15.3. The number of ether oxygens (including phenoxy) is 1. The highest BCUT2D eigenvalue weighted by Gasteiger charge is 2.26. The van der Waals surface area contributed by atoms with Gasteiger partial charge in [-0.25, -0.2) is 9.97 Å². The number of aliphatic hydroxyl groups is 1. The number of hydrogen-bond acceptors (Lipinski definition) is 7. The third-order valence-electron chi connectivity index (χ3n) is 8.88. The highest BCUT2D eigenvalue weighted by Crippen LogP contribution is 2.41. The number of hydrogen-bond donors (Lipinski definition) is 3. The first-order valence-corrected chi connectivity index (χ1v) is 16.1. The second kappa shape index (κ2) is 13.5. The molecule has 0 saturated heterocycles. The third-order valence-corrected chi connectivity index (χ3v) is 9.69. The SMILES string of the molecule is COc1nc(-c2cccc(-c3cccc(NC(=O)c4nc5c(n4C)CCN(C)C5)c3Cl)c2Cl)ccc1CN[C@@H]1CCCC[C@@H]1O. The Morgan fingerprint density at radius 2 is 1.73 bits per heavy atom. The number of nitrogens with one attached hydrogen (secondary N) is 2. The molecule has 0 spiro atoms. The summed E-state index contributed by atoms with van der Waals surface area (Å²) < 4.78 is 7.52. The van der Waals surface area contributed by atoms with Crippen LogP contribution >= 0.6 is 23.2 Å². The Hall–Kier alpha value is -3.47. The van der Waals surface area contributed by atoms with E-state index in [-0.39, 0.29) is 18.1 Å². The highest BCUT2D eigenvalue weighted by atomic mass is 35.5. The Morgan fingerprint density at radius 1 is 1.00 bits per heavy atom. The summed E-state index contributed by atoms with van der Waals surface area (Å²) in [5.41, 5.74) is 6.16. The van der Waals surface area contributed by atoms with Crippen LogP contribution in [0.3, 0.4) is 0 Å². The molecule has 1 amide bonds. The average molecular weight is 650 g/mol. The van der Waals surface area contributed by atoms with Crippen LogP contribution in [0.15, 0.2) is 48.5 Å². The molecule has 3 N–H and O–H groups in total. The van der Waals surface area contributed by atoms with E-state index >= 15 is 0 Å². The van der Waals surface area contributed by atoms with Crippen molar-refractivity contribution in [2.75, 3.05) is 26.0 Å². The molecule has 9 nitrogen and oxygen atoms in total. The molecule has 2 atom stereocenters. The van der Waals surface area contributed by atoms with Gasteiger partial charge < -0.3 is 29.9 Å². The zero-order valence-electron chi connectivity index (χ0n) is 25.7. The summed E-state index contributed by atoms with van der Waals surface area (Å²) in [5, 5.41) is 17.6. The van der Waals surface area contributed by atoms with Gasteiger partial charge in [0.25, 0.3) is 5.91 Å². The van der Waals surface area contributed by atoms with Crippen molar-refractivity contribution in [1.29, 1.82) is 0 Å². The van der Waals surface area contributed by atoms with Crippen LogP contribution in [0.4, 0.5) is 5.69 Å². The zero-order valence-corrected chi connectivity index (χ0v) is 27.3. The van der Waals surface area contributed by atoms with Crippen molar-refractivity contribution in [2.24, 2.45) is 7.05 Å². The second-order valence-electron chi connectivity index (χ2n) is 11.9. The van der Waals surface area contributed by atoms with E-state index in [0.717, 1.165) is 61.2 Å². The summed E-state index contributed by atoms with van der Waals surface area (Å²) in [4.78, 5) is 25.0. The molecule has 2 aromatic heterocycles. The van der Waals surface area contributed by atoms with Gasteiger partial charge in [0, 0.05) is 67.1 Å². The molecular formula is C34H38Cl2N6O3. The number of fused-ring (bicyclic) bond motifs is 1. The lowest BCUT2D eigenvalue weighted by Gasteiger charge is -2.28. The summed E-state index contributed by atoms with van der Waals surface area (Å²) in [7, 11) is 5.53. The molecule has 1 saturated carbocycles. The molecule has 4 aromatic rings. The number of imidazole rings is 1. The molecule has 1 aliphatic carbocycles. The first-order chi connectivity index (χ1) is 21.7. The lowest BCUT2D eigenvalue weighted by Crippen LogP contribution is -2.41.